The Morgan fingerprint density at radius 3 is 2.30 bits per heavy atom. The first-order valence-corrected chi connectivity index (χ1v) is 5.51. The van der Waals surface area contributed by atoms with Crippen LogP contribution in [0.5, 0.6) is 0 Å². The zero-order valence-corrected chi connectivity index (χ0v) is 10.4. The van der Waals surface area contributed by atoms with E-state index in [0.29, 0.717) is 0 Å². The maximum atomic E-state index is 11.2. The number of hydrogen-bond donors (Lipinski definition) is 5. The van der Waals surface area contributed by atoms with Crippen LogP contribution < -0.4 is 5.32 Å². The molecule has 0 rings (SSSR count). The molecular formula is C9H16N2O9. The number of nitrogens with one attached hydrogen (secondary N) is 1. The summed E-state index contributed by atoms with van der Waals surface area (Å²) in [4.78, 5) is 36.5. The molecule has 0 aromatic rings. The smallest absolute Gasteiger partial charge is 0.407 e. The Morgan fingerprint density at radius 2 is 1.80 bits per heavy atom. The first kappa shape index (κ1) is 18.0. The van der Waals surface area contributed by atoms with E-state index in [1.165, 1.54) is 0 Å². The fraction of sp³-hybridized carbons (Fsp3) is 0.667. The maximum Gasteiger partial charge on any atom is 0.407 e. The summed E-state index contributed by atoms with van der Waals surface area (Å²) in [6.07, 6.45) is -1.56. The molecule has 0 bridgehead atoms. The van der Waals surface area contributed by atoms with Crippen LogP contribution >= 0.6 is 0 Å². The van der Waals surface area contributed by atoms with Gasteiger partial charge < -0.3 is 20.3 Å². The summed E-state index contributed by atoms with van der Waals surface area (Å²) in [5.41, 5.74) is 0. The van der Waals surface area contributed by atoms with Gasteiger partial charge in [0.1, 0.15) is 6.04 Å². The van der Waals surface area contributed by atoms with Crippen molar-refractivity contribution in [2.24, 2.45) is 0 Å². The van der Waals surface area contributed by atoms with E-state index in [1.54, 1.807) is 0 Å². The average Bonchev–Trinajstić information content (AvgIpc) is 2.32. The van der Waals surface area contributed by atoms with Crippen LogP contribution in [0.15, 0.2) is 0 Å². The van der Waals surface area contributed by atoms with Gasteiger partial charge in [0.2, 0.25) is 0 Å². The number of rotatable bonds is 10. The van der Waals surface area contributed by atoms with Gasteiger partial charge in [-0.3, -0.25) is 20.0 Å². The molecule has 1 atom stereocenters. The lowest BCUT2D eigenvalue weighted by atomic mass is 10.1. The van der Waals surface area contributed by atoms with E-state index in [-0.39, 0.29) is 26.1 Å². The Kier molecular flexibility index (Phi) is 8.95. The number of carboxylic acid groups (broad SMARTS) is 2. The first-order valence-electron chi connectivity index (χ1n) is 5.51. The van der Waals surface area contributed by atoms with Crippen LogP contribution in [0, 0.1) is 0 Å². The fourth-order valence-corrected chi connectivity index (χ4v) is 1.08. The molecule has 0 aromatic carbocycles. The van der Waals surface area contributed by atoms with E-state index in [4.69, 9.17) is 20.6 Å². The second kappa shape index (κ2) is 9.91. The molecule has 11 nitrogen and oxygen atoms in total. The van der Waals surface area contributed by atoms with Crippen molar-refractivity contribution in [1.82, 2.24) is 10.7 Å². The van der Waals surface area contributed by atoms with Crippen molar-refractivity contribution < 1.29 is 44.6 Å². The van der Waals surface area contributed by atoms with Gasteiger partial charge in [0.05, 0.1) is 18.6 Å². The van der Waals surface area contributed by atoms with Gasteiger partial charge in [0, 0.05) is 12.8 Å². The van der Waals surface area contributed by atoms with Gasteiger partial charge in [0.15, 0.2) is 0 Å². The number of carbonyl (C=O) groups excluding carboxylic acids is 1. The highest BCUT2D eigenvalue weighted by atomic mass is 17.1. The van der Waals surface area contributed by atoms with E-state index >= 15 is 0 Å². The minimum absolute atomic E-state index is 0.137. The van der Waals surface area contributed by atoms with Crippen LogP contribution in [0.2, 0.25) is 0 Å². The van der Waals surface area contributed by atoms with Crippen molar-refractivity contribution in [2.75, 3.05) is 13.2 Å². The molecule has 0 spiro atoms. The van der Waals surface area contributed by atoms with Crippen molar-refractivity contribution in [1.29, 1.82) is 0 Å². The van der Waals surface area contributed by atoms with Gasteiger partial charge in [-0.2, -0.15) is 0 Å². The molecule has 0 radical (unpaired) electrons. The number of aliphatic carboxylic acids is 2. The molecule has 0 saturated carbocycles. The van der Waals surface area contributed by atoms with Crippen LogP contribution in [0.25, 0.3) is 0 Å². The zero-order valence-electron chi connectivity index (χ0n) is 10.4. The first-order chi connectivity index (χ1) is 9.32. The number of hydrogen-bond acceptors (Lipinski definition) is 8. The standard InChI is InChI=1S/C9H16N2O9/c12-7(13)3-2-6(8(14)15)10-9(16)19-4-1-5-20-11(17)18/h6,17-18H,1-5H2,(H,10,16)(H,12,13)(H,14,15). The molecule has 0 aliphatic carbocycles. The predicted octanol–water partition coefficient (Wildman–Crippen LogP) is -0.567. The van der Waals surface area contributed by atoms with Gasteiger partial charge >= 0.3 is 18.0 Å². The fourth-order valence-electron chi connectivity index (χ4n) is 1.08. The minimum Gasteiger partial charge on any atom is -0.481 e. The second-order valence-electron chi connectivity index (χ2n) is 3.54. The Balaban J connectivity index is 3.89. The van der Waals surface area contributed by atoms with Gasteiger partial charge in [-0.15, -0.1) is 0 Å². The van der Waals surface area contributed by atoms with E-state index in [0.717, 1.165) is 0 Å². The number of ether oxygens (including phenoxy) is 1. The van der Waals surface area contributed by atoms with Gasteiger partial charge in [-0.25, -0.2) is 9.59 Å². The van der Waals surface area contributed by atoms with Crippen LogP contribution in [0.4, 0.5) is 4.79 Å². The molecular weight excluding hydrogens is 280 g/mol. The molecule has 1 amide bonds. The number of amides is 1. The molecule has 0 fully saturated rings. The van der Waals surface area contributed by atoms with Crippen molar-refractivity contribution >= 4 is 18.0 Å². The number of carbonyl (C=O) groups is 3. The molecule has 0 aliphatic heterocycles. The molecule has 11 heteroatoms. The summed E-state index contributed by atoms with van der Waals surface area (Å²) in [7, 11) is 0. The predicted molar refractivity (Wildman–Crippen MR) is 58.8 cm³/mol. The molecule has 5 N–H and O–H groups in total. The Morgan fingerprint density at radius 1 is 1.15 bits per heavy atom. The van der Waals surface area contributed by atoms with Gasteiger partial charge in [-0.1, -0.05) is 0 Å². The van der Waals surface area contributed by atoms with E-state index in [1.807, 2.05) is 5.32 Å². The second-order valence-corrected chi connectivity index (χ2v) is 3.54. The van der Waals surface area contributed by atoms with Gasteiger partial charge in [0.25, 0.3) is 0 Å². The normalized spacial score (nSPS) is 11.9. The summed E-state index contributed by atoms with van der Waals surface area (Å²) >= 11 is 0. The van der Waals surface area contributed by atoms with Crippen LogP contribution in [-0.2, 0) is 19.2 Å². The molecule has 0 aromatic heterocycles. The number of carboxylic acids is 2. The topological polar surface area (TPSA) is 166 Å². The molecule has 116 valence electrons. The van der Waals surface area contributed by atoms with Crippen molar-refractivity contribution in [3.63, 3.8) is 0 Å². The third kappa shape index (κ3) is 10.0. The molecule has 0 aliphatic rings. The highest BCUT2D eigenvalue weighted by Gasteiger charge is 2.21. The quantitative estimate of drug-likeness (QED) is 0.260. The van der Waals surface area contributed by atoms with Crippen LogP contribution in [0.3, 0.4) is 0 Å². The molecule has 20 heavy (non-hydrogen) atoms. The summed E-state index contributed by atoms with van der Waals surface area (Å²) in [6, 6.07) is -1.36. The lowest BCUT2D eigenvalue weighted by molar-refractivity contribution is -0.492. The lowest BCUT2D eigenvalue weighted by Crippen LogP contribution is -2.41. The Hall–Kier alpha value is -1.95. The van der Waals surface area contributed by atoms with Crippen LogP contribution in [-0.4, -0.2) is 63.3 Å². The molecule has 1 unspecified atom stereocenters. The Labute approximate surface area is 113 Å². The molecule has 0 heterocycles. The van der Waals surface area contributed by atoms with Crippen molar-refractivity contribution in [3.8, 4) is 0 Å². The van der Waals surface area contributed by atoms with Crippen molar-refractivity contribution in [3.05, 3.63) is 0 Å². The minimum atomic E-state index is -1.37. The summed E-state index contributed by atoms with van der Waals surface area (Å²) in [6.45, 7) is -0.285. The van der Waals surface area contributed by atoms with E-state index in [2.05, 4.69) is 9.57 Å². The summed E-state index contributed by atoms with van der Waals surface area (Å²) in [5, 5.41) is 35.0. The Bertz CT molecular complexity index is 333. The number of nitrogens with zero attached hydrogens (tertiary/aromatic N) is 1. The van der Waals surface area contributed by atoms with E-state index < -0.39 is 35.9 Å². The zero-order chi connectivity index (χ0) is 15.5. The highest BCUT2D eigenvalue weighted by Crippen LogP contribution is 1.99. The third-order valence-electron chi connectivity index (χ3n) is 1.97. The van der Waals surface area contributed by atoms with Gasteiger partial charge in [-0.05, 0) is 6.42 Å². The number of alkyl carbamates (subject to hydrolysis) is 1. The largest absolute Gasteiger partial charge is 0.481 e. The maximum absolute atomic E-state index is 11.2. The highest BCUT2D eigenvalue weighted by molar-refractivity contribution is 5.80. The SMILES string of the molecule is O=C(O)CCC(NC(=O)OCCCON(O)O)C(=O)O. The van der Waals surface area contributed by atoms with Crippen LogP contribution in [0.1, 0.15) is 19.3 Å². The summed E-state index contributed by atoms with van der Waals surface area (Å²) < 4.78 is 4.59. The van der Waals surface area contributed by atoms with Crippen molar-refractivity contribution in [2.45, 2.75) is 25.3 Å². The van der Waals surface area contributed by atoms with E-state index in [9.17, 15) is 14.4 Å². The average molecular weight is 296 g/mol. The summed E-state index contributed by atoms with van der Waals surface area (Å²) in [5.74, 6) is -2.55. The third-order valence-corrected chi connectivity index (χ3v) is 1.97. The molecule has 0 saturated heterocycles. The lowest BCUT2D eigenvalue weighted by Gasteiger charge is -2.13. The monoisotopic (exact) mass is 296 g/mol.